The highest BCUT2D eigenvalue weighted by Crippen LogP contribution is 2.26. The SMILES string of the molecule is CC(C)(CNC(=O)c1ccnc(CN)c1)c1cccs1.Cl. The molecule has 0 unspecified atom stereocenters. The molecule has 6 heteroatoms. The Bertz CT molecular complexity index is 584. The van der Waals surface area contributed by atoms with Crippen LogP contribution in [0.2, 0.25) is 0 Å². The average Bonchev–Trinajstić information content (AvgIpc) is 3.00. The summed E-state index contributed by atoms with van der Waals surface area (Å²) < 4.78 is 0. The number of aromatic nitrogens is 1. The van der Waals surface area contributed by atoms with Gasteiger partial charge in [-0.1, -0.05) is 19.9 Å². The van der Waals surface area contributed by atoms with E-state index in [1.54, 1.807) is 29.7 Å². The van der Waals surface area contributed by atoms with Gasteiger partial charge in [0.25, 0.3) is 5.91 Å². The lowest BCUT2D eigenvalue weighted by Crippen LogP contribution is -2.36. The molecule has 3 N–H and O–H groups in total. The summed E-state index contributed by atoms with van der Waals surface area (Å²) in [5.74, 6) is -0.0910. The zero-order valence-electron chi connectivity index (χ0n) is 12.1. The number of halogens is 1. The Hall–Kier alpha value is -1.43. The minimum Gasteiger partial charge on any atom is -0.351 e. The summed E-state index contributed by atoms with van der Waals surface area (Å²) in [4.78, 5) is 17.5. The molecule has 0 aliphatic heterocycles. The molecule has 0 saturated heterocycles. The van der Waals surface area contributed by atoms with Gasteiger partial charge in [-0.05, 0) is 23.6 Å². The van der Waals surface area contributed by atoms with Crippen LogP contribution in [0.3, 0.4) is 0 Å². The maximum atomic E-state index is 12.2. The molecule has 0 radical (unpaired) electrons. The van der Waals surface area contributed by atoms with Crippen molar-refractivity contribution in [2.75, 3.05) is 6.54 Å². The van der Waals surface area contributed by atoms with Gasteiger partial charge in [-0.15, -0.1) is 23.7 Å². The summed E-state index contributed by atoms with van der Waals surface area (Å²) in [5.41, 5.74) is 6.77. The molecule has 0 aliphatic carbocycles. The van der Waals surface area contributed by atoms with Crippen LogP contribution in [0.15, 0.2) is 35.8 Å². The van der Waals surface area contributed by atoms with E-state index in [9.17, 15) is 4.79 Å². The first-order valence-electron chi connectivity index (χ1n) is 6.50. The van der Waals surface area contributed by atoms with E-state index in [1.807, 2.05) is 6.07 Å². The molecule has 2 aromatic rings. The van der Waals surface area contributed by atoms with Crippen molar-refractivity contribution in [3.05, 3.63) is 52.0 Å². The van der Waals surface area contributed by atoms with Crippen molar-refractivity contribution in [1.29, 1.82) is 0 Å². The van der Waals surface area contributed by atoms with Gasteiger partial charge in [0.1, 0.15) is 0 Å². The van der Waals surface area contributed by atoms with E-state index in [1.165, 1.54) is 4.88 Å². The predicted molar refractivity (Wildman–Crippen MR) is 89.1 cm³/mol. The van der Waals surface area contributed by atoms with Gasteiger partial charge in [0.05, 0.1) is 5.69 Å². The molecule has 4 nitrogen and oxygen atoms in total. The van der Waals surface area contributed by atoms with Crippen LogP contribution in [0.4, 0.5) is 0 Å². The molecule has 0 atom stereocenters. The fourth-order valence-corrected chi connectivity index (χ4v) is 2.74. The first-order chi connectivity index (χ1) is 9.53. The molecule has 0 fully saturated rings. The molecule has 0 bridgehead atoms. The van der Waals surface area contributed by atoms with Gasteiger partial charge < -0.3 is 11.1 Å². The molecular formula is C15H20ClN3OS. The fourth-order valence-electron chi connectivity index (χ4n) is 1.89. The Morgan fingerprint density at radius 1 is 1.43 bits per heavy atom. The van der Waals surface area contributed by atoms with Crippen molar-refractivity contribution in [3.63, 3.8) is 0 Å². The summed E-state index contributed by atoms with van der Waals surface area (Å²) in [5, 5.41) is 5.03. The van der Waals surface area contributed by atoms with Gasteiger partial charge >= 0.3 is 0 Å². The van der Waals surface area contributed by atoms with Crippen LogP contribution < -0.4 is 11.1 Å². The van der Waals surface area contributed by atoms with Crippen LogP contribution in [0.25, 0.3) is 0 Å². The Morgan fingerprint density at radius 3 is 2.81 bits per heavy atom. The van der Waals surface area contributed by atoms with Crippen molar-refractivity contribution in [1.82, 2.24) is 10.3 Å². The smallest absolute Gasteiger partial charge is 0.251 e. The molecule has 0 spiro atoms. The number of hydrogen-bond acceptors (Lipinski definition) is 4. The van der Waals surface area contributed by atoms with Gasteiger partial charge in [-0.3, -0.25) is 9.78 Å². The van der Waals surface area contributed by atoms with Crippen molar-refractivity contribution < 1.29 is 4.79 Å². The molecule has 0 aliphatic rings. The number of carbonyl (C=O) groups is 1. The van der Waals surface area contributed by atoms with E-state index in [0.29, 0.717) is 18.7 Å². The molecule has 2 heterocycles. The van der Waals surface area contributed by atoms with Gasteiger partial charge in [0.2, 0.25) is 0 Å². The third-order valence-electron chi connectivity index (χ3n) is 3.17. The van der Waals surface area contributed by atoms with E-state index < -0.39 is 0 Å². The van der Waals surface area contributed by atoms with E-state index >= 15 is 0 Å². The number of amides is 1. The maximum Gasteiger partial charge on any atom is 0.251 e. The highest BCUT2D eigenvalue weighted by atomic mass is 35.5. The number of rotatable bonds is 5. The van der Waals surface area contributed by atoms with E-state index in [4.69, 9.17) is 5.73 Å². The second kappa shape index (κ2) is 7.54. The monoisotopic (exact) mass is 325 g/mol. The topological polar surface area (TPSA) is 68.0 Å². The summed E-state index contributed by atoms with van der Waals surface area (Å²) in [6.45, 7) is 5.17. The van der Waals surface area contributed by atoms with Crippen LogP contribution in [0, 0.1) is 0 Å². The minimum absolute atomic E-state index is 0. The highest BCUT2D eigenvalue weighted by Gasteiger charge is 2.22. The Morgan fingerprint density at radius 2 is 2.19 bits per heavy atom. The number of nitrogens with one attached hydrogen (secondary N) is 1. The molecule has 0 aromatic carbocycles. The number of nitrogens with two attached hydrogens (primary N) is 1. The summed E-state index contributed by atoms with van der Waals surface area (Å²) >= 11 is 1.71. The number of carbonyl (C=O) groups excluding carboxylic acids is 1. The maximum absolute atomic E-state index is 12.2. The first kappa shape index (κ1) is 17.6. The largest absolute Gasteiger partial charge is 0.351 e. The summed E-state index contributed by atoms with van der Waals surface area (Å²) in [7, 11) is 0. The Labute approximate surface area is 135 Å². The second-order valence-corrected chi connectivity index (χ2v) is 6.23. The van der Waals surface area contributed by atoms with Crippen molar-refractivity contribution in [2.24, 2.45) is 5.73 Å². The molecule has 2 aromatic heterocycles. The first-order valence-corrected chi connectivity index (χ1v) is 7.38. The highest BCUT2D eigenvalue weighted by molar-refractivity contribution is 7.10. The van der Waals surface area contributed by atoms with Crippen LogP contribution in [0.5, 0.6) is 0 Å². The zero-order valence-corrected chi connectivity index (χ0v) is 13.8. The van der Waals surface area contributed by atoms with Crippen molar-refractivity contribution in [3.8, 4) is 0 Å². The lowest BCUT2D eigenvalue weighted by molar-refractivity contribution is 0.0945. The third-order valence-corrected chi connectivity index (χ3v) is 4.40. The van der Waals surface area contributed by atoms with Gasteiger partial charge in [-0.25, -0.2) is 0 Å². The van der Waals surface area contributed by atoms with E-state index in [-0.39, 0.29) is 23.7 Å². The number of pyridine rings is 1. The Balaban J connectivity index is 0.00000220. The minimum atomic E-state index is -0.0910. The van der Waals surface area contributed by atoms with Gasteiger partial charge in [0.15, 0.2) is 0 Å². The third kappa shape index (κ3) is 4.52. The number of thiophene rings is 1. The molecule has 1 amide bonds. The quantitative estimate of drug-likeness (QED) is 0.888. The number of hydrogen-bond donors (Lipinski definition) is 2. The van der Waals surface area contributed by atoms with Crippen LogP contribution >= 0.6 is 23.7 Å². The predicted octanol–water partition coefficient (Wildman–Crippen LogP) is 2.73. The lowest BCUT2D eigenvalue weighted by Gasteiger charge is -2.23. The van der Waals surface area contributed by atoms with Crippen molar-refractivity contribution in [2.45, 2.75) is 25.8 Å². The van der Waals surface area contributed by atoms with E-state index in [0.717, 1.165) is 5.69 Å². The number of nitrogens with zero attached hydrogens (tertiary/aromatic N) is 1. The van der Waals surface area contributed by atoms with Gasteiger partial charge in [-0.2, -0.15) is 0 Å². The zero-order chi connectivity index (χ0) is 14.6. The summed E-state index contributed by atoms with van der Waals surface area (Å²) in [6.07, 6.45) is 1.61. The summed E-state index contributed by atoms with van der Waals surface area (Å²) in [6, 6.07) is 7.55. The van der Waals surface area contributed by atoms with Crippen LogP contribution in [-0.2, 0) is 12.0 Å². The molecular weight excluding hydrogens is 306 g/mol. The molecule has 21 heavy (non-hydrogen) atoms. The van der Waals surface area contributed by atoms with Crippen molar-refractivity contribution >= 4 is 29.7 Å². The normalized spacial score (nSPS) is 10.8. The van der Waals surface area contributed by atoms with Gasteiger partial charge in [0, 0.05) is 35.1 Å². The van der Waals surface area contributed by atoms with Crippen LogP contribution in [0.1, 0.15) is 34.8 Å². The molecule has 2 rings (SSSR count). The lowest BCUT2D eigenvalue weighted by atomic mass is 9.91. The average molecular weight is 326 g/mol. The standard InChI is InChI=1S/C15H19N3OS.ClH/c1-15(2,13-4-3-7-20-13)10-18-14(19)11-5-6-17-12(8-11)9-16;/h3-8H,9-10,16H2,1-2H3,(H,18,19);1H. The fraction of sp³-hybridized carbons (Fsp3) is 0.333. The van der Waals surface area contributed by atoms with Crippen LogP contribution in [-0.4, -0.2) is 17.4 Å². The van der Waals surface area contributed by atoms with E-state index in [2.05, 4.69) is 35.6 Å². The second-order valence-electron chi connectivity index (χ2n) is 5.28. The Kier molecular flexibility index (Phi) is 6.33. The molecule has 114 valence electrons. The molecule has 0 saturated carbocycles.